The molecular formula is C13H12Cl2FN. The molecule has 2 aromatic rings. The highest BCUT2D eigenvalue weighted by Crippen LogP contribution is 2.16. The molecule has 0 saturated carbocycles. The maximum Gasteiger partial charge on any atom is 0.144 e. The van der Waals surface area contributed by atoms with Gasteiger partial charge in [0.15, 0.2) is 0 Å². The maximum absolute atomic E-state index is 12.6. The summed E-state index contributed by atoms with van der Waals surface area (Å²) in [5.74, 6) is -0.320. The van der Waals surface area contributed by atoms with Crippen molar-refractivity contribution in [2.75, 3.05) is 0 Å². The van der Waals surface area contributed by atoms with Crippen molar-refractivity contribution in [1.82, 2.24) is 4.98 Å². The molecule has 17 heavy (non-hydrogen) atoms. The van der Waals surface area contributed by atoms with E-state index < -0.39 is 0 Å². The minimum atomic E-state index is -0.320. The van der Waals surface area contributed by atoms with Crippen LogP contribution in [0.1, 0.15) is 11.1 Å². The predicted octanol–water partition coefficient (Wildman–Crippen LogP) is 4.83. The van der Waals surface area contributed by atoms with Gasteiger partial charge in [0.1, 0.15) is 11.0 Å². The molecule has 0 saturated heterocycles. The van der Waals surface area contributed by atoms with Crippen molar-refractivity contribution < 1.29 is 4.39 Å². The summed E-state index contributed by atoms with van der Waals surface area (Å²) in [5.41, 5.74) is 1.61. The number of hydrogen-bond donors (Lipinski definition) is 0. The number of halogens is 3. The molecule has 0 radical (unpaired) electrons. The molecule has 1 nitrogen and oxygen atoms in total. The first kappa shape index (κ1) is 13.9. The van der Waals surface area contributed by atoms with Crippen LogP contribution in [0, 0.1) is 19.7 Å². The van der Waals surface area contributed by atoms with Crippen LogP contribution in [0.2, 0.25) is 10.2 Å². The van der Waals surface area contributed by atoms with E-state index in [1.165, 1.54) is 6.07 Å². The third-order valence-corrected chi connectivity index (χ3v) is 2.78. The van der Waals surface area contributed by atoms with Crippen molar-refractivity contribution in [2.24, 2.45) is 0 Å². The lowest BCUT2D eigenvalue weighted by molar-refractivity contribution is 0.619. The van der Waals surface area contributed by atoms with Crippen LogP contribution in [0.4, 0.5) is 4.39 Å². The fraction of sp³-hybridized carbons (Fsp3) is 0.154. The van der Waals surface area contributed by atoms with Crippen molar-refractivity contribution >= 4 is 23.2 Å². The largest absolute Gasteiger partial charge is 0.244 e. The molecule has 90 valence electrons. The zero-order valence-corrected chi connectivity index (χ0v) is 11.1. The highest BCUT2D eigenvalue weighted by molar-refractivity contribution is 6.30. The lowest BCUT2D eigenvalue weighted by Gasteiger charge is -1.94. The van der Waals surface area contributed by atoms with Gasteiger partial charge < -0.3 is 0 Å². The molecule has 0 aliphatic rings. The third-order valence-electron chi connectivity index (χ3n) is 2.09. The summed E-state index contributed by atoms with van der Waals surface area (Å²) in [6.45, 7) is 3.61. The van der Waals surface area contributed by atoms with Crippen molar-refractivity contribution in [3.05, 3.63) is 63.6 Å². The van der Waals surface area contributed by atoms with E-state index in [9.17, 15) is 4.39 Å². The normalized spacial score (nSPS) is 9.47. The molecule has 1 aromatic heterocycles. The quantitative estimate of drug-likeness (QED) is 0.626. The number of aromatic nitrogens is 1. The SMILES string of the molecule is Cc1cccc(Cl)c1F.Cc1cccnc1Cl. The first-order valence-corrected chi connectivity index (χ1v) is 5.75. The average Bonchev–Trinajstić information content (AvgIpc) is 2.31. The first-order valence-electron chi connectivity index (χ1n) is 5.00. The number of rotatable bonds is 0. The second-order valence-electron chi connectivity index (χ2n) is 3.48. The van der Waals surface area contributed by atoms with Gasteiger partial charge in [-0.25, -0.2) is 9.37 Å². The molecule has 0 aliphatic carbocycles. The molecule has 1 aromatic carbocycles. The molecule has 0 fully saturated rings. The summed E-state index contributed by atoms with van der Waals surface area (Å²) >= 11 is 11.0. The molecule has 4 heteroatoms. The molecule has 0 amide bonds. The van der Waals surface area contributed by atoms with Gasteiger partial charge in [-0.2, -0.15) is 0 Å². The van der Waals surface area contributed by atoms with Crippen LogP contribution in [0.15, 0.2) is 36.5 Å². The van der Waals surface area contributed by atoms with E-state index in [0.29, 0.717) is 10.7 Å². The lowest BCUT2D eigenvalue weighted by Crippen LogP contribution is -1.80. The second-order valence-corrected chi connectivity index (χ2v) is 4.25. The molecule has 0 N–H and O–H groups in total. The van der Waals surface area contributed by atoms with Crippen LogP contribution in [0.25, 0.3) is 0 Å². The fourth-order valence-electron chi connectivity index (χ4n) is 1.08. The van der Waals surface area contributed by atoms with Gasteiger partial charge in [-0.05, 0) is 37.1 Å². The zero-order chi connectivity index (χ0) is 12.8. The molecule has 0 spiro atoms. The molecule has 0 atom stereocenters. The first-order chi connectivity index (χ1) is 8.02. The Balaban J connectivity index is 0.000000171. The van der Waals surface area contributed by atoms with Crippen LogP contribution < -0.4 is 0 Å². The number of nitrogens with zero attached hydrogens (tertiary/aromatic N) is 1. The van der Waals surface area contributed by atoms with E-state index in [1.54, 1.807) is 25.3 Å². The van der Waals surface area contributed by atoms with Crippen molar-refractivity contribution in [3.8, 4) is 0 Å². The summed E-state index contributed by atoms with van der Waals surface area (Å²) in [7, 11) is 0. The predicted molar refractivity (Wildman–Crippen MR) is 70.1 cm³/mol. The third kappa shape index (κ3) is 4.33. The number of hydrogen-bond acceptors (Lipinski definition) is 1. The Morgan fingerprint density at radius 3 is 2.06 bits per heavy atom. The van der Waals surface area contributed by atoms with Crippen LogP contribution in [0.3, 0.4) is 0 Å². The number of pyridine rings is 1. The van der Waals surface area contributed by atoms with Crippen LogP contribution in [0.5, 0.6) is 0 Å². The summed E-state index contributed by atoms with van der Waals surface area (Å²) in [6, 6.07) is 8.72. The van der Waals surface area contributed by atoms with Crippen molar-refractivity contribution in [1.29, 1.82) is 0 Å². The van der Waals surface area contributed by atoms with Gasteiger partial charge in [0, 0.05) is 6.20 Å². The van der Waals surface area contributed by atoms with Gasteiger partial charge in [0.2, 0.25) is 0 Å². The van der Waals surface area contributed by atoms with E-state index in [2.05, 4.69) is 4.98 Å². The minimum absolute atomic E-state index is 0.190. The topological polar surface area (TPSA) is 12.9 Å². The van der Waals surface area contributed by atoms with E-state index in [-0.39, 0.29) is 10.8 Å². The van der Waals surface area contributed by atoms with E-state index >= 15 is 0 Å². The molecular weight excluding hydrogens is 260 g/mol. The Bertz CT molecular complexity index is 459. The fourth-order valence-corrected chi connectivity index (χ4v) is 1.42. The van der Waals surface area contributed by atoms with Gasteiger partial charge in [0.05, 0.1) is 5.02 Å². The molecule has 2 rings (SSSR count). The summed E-state index contributed by atoms with van der Waals surface area (Å²) in [6.07, 6.45) is 1.68. The van der Waals surface area contributed by atoms with Gasteiger partial charge in [-0.1, -0.05) is 41.4 Å². The van der Waals surface area contributed by atoms with Crippen LogP contribution in [-0.2, 0) is 0 Å². The molecule has 0 aliphatic heterocycles. The summed E-state index contributed by atoms with van der Waals surface area (Å²) in [5, 5.41) is 0.780. The van der Waals surface area contributed by atoms with Gasteiger partial charge >= 0.3 is 0 Å². The summed E-state index contributed by atoms with van der Waals surface area (Å²) in [4.78, 5) is 3.84. The van der Waals surface area contributed by atoms with Gasteiger partial charge in [-0.15, -0.1) is 0 Å². The van der Waals surface area contributed by atoms with E-state index in [0.717, 1.165) is 5.56 Å². The lowest BCUT2D eigenvalue weighted by atomic mass is 10.2. The monoisotopic (exact) mass is 271 g/mol. The van der Waals surface area contributed by atoms with Crippen LogP contribution in [-0.4, -0.2) is 4.98 Å². The molecule has 1 heterocycles. The van der Waals surface area contributed by atoms with Gasteiger partial charge in [-0.3, -0.25) is 0 Å². The minimum Gasteiger partial charge on any atom is -0.244 e. The van der Waals surface area contributed by atoms with E-state index in [4.69, 9.17) is 23.2 Å². The van der Waals surface area contributed by atoms with Crippen molar-refractivity contribution in [2.45, 2.75) is 13.8 Å². The van der Waals surface area contributed by atoms with Crippen molar-refractivity contribution in [3.63, 3.8) is 0 Å². The van der Waals surface area contributed by atoms with Crippen LogP contribution >= 0.6 is 23.2 Å². The highest BCUT2D eigenvalue weighted by atomic mass is 35.5. The highest BCUT2D eigenvalue weighted by Gasteiger charge is 1.98. The van der Waals surface area contributed by atoms with E-state index in [1.807, 2.05) is 19.1 Å². The van der Waals surface area contributed by atoms with Gasteiger partial charge in [0.25, 0.3) is 0 Å². The second kappa shape index (κ2) is 6.58. The Labute approximate surface area is 110 Å². The maximum atomic E-state index is 12.6. The Morgan fingerprint density at radius 2 is 1.65 bits per heavy atom. The Kier molecular flexibility index (Phi) is 5.39. The zero-order valence-electron chi connectivity index (χ0n) is 9.55. The summed E-state index contributed by atoms with van der Waals surface area (Å²) < 4.78 is 12.6. The number of aryl methyl sites for hydroxylation is 2. The average molecular weight is 272 g/mol. The molecule has 0 bridgehead atoms. The number of benzene rings is 1. The standard InChI is InChI=1S/C7H6ClF.C6H6ClN/c1-5-3-2-4-6(8)7(5)9;1-5-3-2-4-8-6(5)7/h2-4H,1H3;2-4H,1H3. The Morgan fingerprint density at radius 1 is 1.00 bits per heavy atom. The smallest absolute Gasteiger partial charge is 0.144 e. The molecule has 0 unspecified atom stereocenters. The Hall–Kier alpha value is -1.12.